The number of hydrogen-bond acceptors (Lipinski definition) is 2. The molecule has 20 heavy (non-hydrogen) atoms. The molecule has 2 rings (SSSR count). The van der Waals surface area contributed by atoms with Gasteiger partial charge in [-0.3, -0.25) is 0 Å². The second kappa shape index (κ2) is 7.16. The molecule has 5 heteroatoms. The molecule has 1 aromatic heterocycles. The molecule has 108 valence electrons. The van der Waals surface area contributed by atoms with Crippen molar-refractivity contribution in [2.45, 2.75) is 26.3 Å². The first-order chi connectivity index (χ1) is 9.54. The molecule has 1 heterocycles. The second-order valence-corrected chi connectivity index (χ2v) is 8.02. The quantitative estimate of drug-likeness (QED) is 0.643. The van der Waals surface area contributed by atoms with Crippen LogP contribution >= 0.6 is 43.2 Å². The van der Waals surface area contributed by atoms with Crippen molar-refractivity contribution in [1.82, 2.24) is 5.32 Å². The van der Waals surface area contributed by atoms with E-state index in [0.29, 0.717) is 4.47 Å². The molecule has 1 atom stereocenters. The van der Waals surface area contributed by atoms with E-state index in [2.05, 4.69) is 57.1 Å². The van der Waals surface area contributed by atoms with Gasteiger partial charge in [-0.1, -0.05) is 19.1 Å². The third-order valence-electron chi connectivity index (χ3n) is 3.13. The number of thiophene rings is 1. The average Bonchev–Trinajstić information content (AvgIpc) is 2.74. The maximum absolute atomic E-state index is 13.8. The average molecular weight is 421 g/mol. The fourth-order valence-electron chi connectivity index (χ4n) is 2.16. The Bertz CT molecular complexity index is 598. The van der Waals surface area contributed by atoms with Gasteiger partial charge in [0, 0.05) is 4.88 Å². The first-order valence-electron chi connectivity index (χ1n) is 6.47. The maximum Gasteiger partial charge on any atom is 0.137 e. The summed E-state index contributed by atoms with van der Waals surface area (Å²) in [5.74, 6) is -0.224. The van der Waals surface area contributed by atoms with Crippen LogP contribution in [0.1, 0.15) is 35.4 Å². The van der Waals surface area contributed by atoms with Gasteiger partial charge in [-0.25, -0.2) is 4.39 Å². The predicted octanol–water partition coefficient (Wildman–Crippen LogP) is 5.81. The SMILES string of the molecule is CCCNC(c1cc(Br)sc1C)c1cccc(F)c1Br. The summed E-state index contributed by atoms with van der Waals surface area (Å²) in [4.78, 5) is 1.24. The van der Waals surface area contributed by atoms with E-state index in [0.717, 1.165) is 22.3 Å². The van der Waals surface area contributed by atoms with E-state index in [9.17, 15) is 4.39 Å². The van der Waals surface area contributed by atoms with Crippen molar-refractivity contribution < 1.29 is 4.39 Å². The van der Waals surface area contributed by atoms with E-state index in [1.165, 1.54) is 16.5 Å². The normalized spacial score (nSPS) is 12.7. The summed E-state index contributed by atoms with van der Waals surface area (Å²) >= 11 is 8.61. The van der Waals surface area contributed by atoms with Crippen LogP contribution in [0.15, 0.2) is 32.5 Å². The van der Waals surface area contributed by atoms with E-state index in [1.54, 1.807) is 17.4 Å². The molecular formula is C15H16Br2FNS. The highest BCUT2D eigenvalue weighted by molar-refractivity contribution is 9.11. The van der Waals surface area contributed by atoms with Crippen LogP contribution in [0, 0.1) is 12.7 Å². The zero-order chi connectivity index (χ0) is 14.7. The largest absolute Gasteiger partial charge is 0.306 e. The predicted molar refractivity (Wildman–Crippen MR) is 91.0 cm³/mol. The summed E-state index contributed by atoms with van der Waals surface area (Å²) < 4.78 is 15.4. The van der Waals surface area contributed by atoms with Gasteiger partial charge in [-0.05, 0) is 75.0 Å². The van der Waals surface area contributed by atoms with Gasteiger partial charge in [-0.2, -0.15) is 0 Å². The van der Waals surface area contributed by atoms with Crippen molar-refractivity contribution in [2.75, 3.05) is 6.54 Å². The van der Waals surface area contributed by atoms with Gasteiger partial charge < -0.3 is 5.32 Å². The van der Waals surface area contributed by atoms with E-state index >= 15 is 0 Å². The molecule has 1 aromatic carbocycles. The molecule has 0 amide bonds. The minimum Gasteiger partial charge on any atom is -0.306 e. The summed E-state index contributed by atoms with van der Waals surface area (Å²) in [5, 5.41) is 3.51. The van der Waals surface area contributed by atoms with E-state index in [-0.39, 0.29) is 11.9 Å². The minimum atomic E-state index is -0.224. The molecule has 0 saturated heterocycles. The molecule has 1 unspecified atom stereocenters. The molecule has 0 fully saturated rings. The van der Waals surface area contributed by atoms with Crippen molar-refractivity contribution in [2.24, 2.45) is 0 Å². The lowest BCUT2D eigenvalue weighted by Crippen LogP contribution is -2.24. The van der Waals surface area contributed by atoms with Crippen LogP contribution in [0.3, 0.4) is 0 Å². The molecule has 1 N–H and O–H groups in total. The van der Waals surface area contributed by atoms with Gasteiger partial charge in [0.15, 0.2) is 0 Å². The second-order valence-electron chi connectivity index (χ2n) is 4.59. The van der Waals surface area contributed by atoms with Crippen LogP contribution < -0.4 is 5.32 Å². The topological polar surface area (TPSA) is 12.0 Å². The van der Waals surface area contributed by atoms with Crippen LogP contribution in [-0.4, -0.2) is 6.54 Å². The number of halogens is 3. The fraction of sp³-hybridized carbons (Fsp3) is 0.333. The summed E-state index contributed by atoms with van der Waals surface area (Å²) in [6.07, 6.45) is 1.04. The Morgan fingerprint density at radius 2 is 2.05 bits per heavy atom. The number of nitrogens with one attached hydrogen (secondary N) is 1. The highest BCUT2D eigenvalue weighted by atomic mass is 79.9. The third kappa shape index (κ3) is 3.50. The van der Waals surface area contributed by atoms with Gasteiger partial charge in [-0.15, -0.1) is 11.3 Å². The molecular weight excluding hydrogens is 405 g/mol. The first-order valence-corrected chi connectivity index (χ1v) is 8.88. The standard InChI is InChI=1S/C15H16Br2FNS/c1-3-7-19-15(11-8-13(16)20-9(11)2)10-5-4-6-12(18)14(10)17/h4-6,8,15,19H,3,7H2,1-2H3. The molecule has 2 aromatic rings. The number of aryl methyl sites for hydroxylation is 1. The Hall–Kier alpha value is -0.230. The maximum atomic E-state index is 13.8. The Labute approximate surface area is 139 Å². The highest BCUT2D eigenvalue weighted by Crippen LogP contribution is 2.36. The Kier molecular flexibility index (Phi) is 5.78. The van der Waals surface area contributed by atoms with Crippen molar-refractivity contribution in [3.63, 3.8) is 0 Å². The van der Waals surface area contributed by atoms with Gasteiger partial charge in [0.05, 0.1) is 14.3 Å². The fourth-order valence-corrected chi connectivity index (χ4v) is 4.41. The summed E-state index contributed by atoms with van der Waals surface area (Å²) in [7, 11) is 0. The van der Waals surface area contributed by atoms with E-state index < -0.39 is 0 Å². The summed E-state index contributed by atoms with van der Waals surface area (Å²) in [6.45, 7) is 5.11. The van der Waals surface area contributed by atoms with Crippen molar-refractivity contribution in [1.29, 1.82) is 0 Å². The zero-order valence-electron chi connectivity index (χ0n) is 11.3. The van der Waals surface area contributed by atoms with E-state index in [4.69, 9.17) is 0 Å². The first kappa shape index (κ1) is 16.1. The smallest absolute Gasteiger partial charge is 0.137 e. The van der Waals surface area contributed by atoms with Crippen LogP contribution in [0.5, 0.6) is 0 Å². The number of rotatable bonds is 5. The molecule has 0 bridgehead atoms. The lowest BCUT2D eigenvalue weighted by Gasteiger charge is -2.21. The van der Waals surface area contributed by atoms with Gasteiger partial charge >= 0.3 is 0 Å². The molecule has 1 nitrogen and oxygen atoms in total. The lowest BCUT2D eigenvalue weighted by atomic mass is 9.99. The van der Waals surface area contributed by atoms with Gasteiger partial charge in [0.2, 0.25) is 0 Å². The minimum absolute atomic E-state index is 0.00238. The molecule has 0 aliphatic carbocycles. The molecule has 0 saturated carbocycles. The molecule has 0 radical (unpaired) electrons. The molecule has 0 aliphatic heterocycles. The van der Waals surface area contributed by atoms with Crippen molar-refractivity contribution in [3.8, 4) is 0 Å². The number of hydrogen-bond donors (Lipinski definition) is 1. The molecule has 0 spiro atoms. The summed E-state index contributed by atoms with van der Waals surface area (Å²) in [6, 6.07) is 7.31. The van der Waals surface area contributed by atoms with Crippen LogP contribution in [0.4, 0.5) is 4.39 Å². The summed E-state index contributed by atoms with van der Waals surface area (Å²) in [5.41, 5.74) is 2.13. The van der Waals surface area contributed by atoms with Crippen LogP contribution in [0.25, 0.3) is 0 Å². The van der Waals surface area contributed by atoms with Gasteiger partial charge in [0.25, 0.3) is 0 Å². The molecule has 0 aliphatic rings. The Morgan fingerprint density at radius 1 is 1.30 bits per heavy atom. The Morgan fingerprint density at radius 3 is 2.65 bits per heavy atom. The highest BCUT2D eigenvalue weighted by Gasteiger charge is 2.21. The monoisotopic (exact) mass is 419 g/mol. The van der Waals surface area contributed by atoms with Crippen LogP contribution in [-0.2, 0) is 0 Å². The van der Waals surface area contributed by atoms with E-state index in [1.807, 2.05) is 6.07 Å². The van der Waals surface area contributed by atoms with Crippen LogP contribution in [0.2, 0.25) is 0 Å². The Balaban J connectivity index is 2.47. The number of benzene rings is 1. The van der Waals surface area contributed by atoms with Crippen molar-refractivity contribution >= 4 is 43.2 Å². The van der Waals surface area contributed by atoms with Crippen molar-refractivity contribution in [3.05, 3.63) is 54.3 Å². The zero-order valence-corrected chi connectivity index (χ0v) is 15.3. The third-order valence-corrected chi connectivity index (χ3v) is 5.53. The lowest BCUT2D eigenvalue weighted by molar-refractivity contribution is 0.579. The van der Waals surface area contributed by atoms with Gasteiger partial charge in [0.1, 0.15) is 5.82 Å².